The monoisotopic (exact) mass is 160 g/mol. The molecule has 0 radical (unpaired) electrons. The first kappa shape index (κ1) is 7.11. The number of aromatic nitrogens is 1. The molecule has 3 heteroatoms. The van der Waals surface area contributed by atoms with Crippen LogP contribution in [0.15, 0.2) is 17.1 Å². The molecule has 2 heterocycles. The van der Waals surface area contributed by atoms with Crippen molar-refractivity contribution in [1.82, 2.24) is 4.57 Å². The number of hydrogen-bond donors (Lipinski definition) is 0. The lowest BCUT2D eigenvalue weighted by atomic mass is 10.1. The van der Waals surface area contributed by atoms with Gasteiger partial charge in [0.25, 0.3) is 0 Å². The van der Waals surface area contributed by atoms with Crippen molar-refractivity contribution < 1.29 is 0 Å². The molecule has 0 N–H and O–H groups in total. The van der Waals surface area contributed by atoms with E-state index in [4.69, 9.17) is 5.26 Å². The molecule has 0 saturated carbocycles. The van der Waals surface area contributed by atoms with Crippen LogP contribution in [0.25, 0.3) is 0 Å². The molecule has 3 nitrogen and oxygen atoms in total. The predicted octanol–water partition coefficient (Wildman–Crippen LogP) is 0.666. The number of aryl methyl sites for hydroxylation is 1. The van der Waals surface area contributed by atoms with E-state index < -0.39 is 0 Å². The molecule has 0 amide bonds. The van der Waals surface area contributed by atoms with Crippen molar-refractivity contribution in [3.05, 3.63) is 33.7 Å². The molecule has 0 aromatic carbocycles. The minimum absolute atomic E-state index is 0.148. The van der Waals surface area contributed by atoms with E-state index in [0.717, 1.165) is 25.1 Å². The van der Waals surface area contributed by atoms with Crippen molar-refractivity contribution in [3.63, 3.8) is 0 Å². The van der Waals surface area contributed by atoms with Crippen LogP contribution in [-0.4, -0.2) is 4.57 Å². The molecule has 60 valence electrons. The third-order valence-corrected chi connectivity index (χ3v) is 2.21. The first-order chi connectivity index (χ1) is 5.83. The Morgan fingerprint density at radius 2 is 2.42 bits per heavy atom. The lowest BCUT2D eigenvalue weighted by Gasteiger charge is -2.02. The quantitative estimate of drug-likeness (QED) is 0.559. The van der Waals surface area contributed by atoms with Crippen LogP contribution >= 0.6 is 0 Å². The number of fused-ring (bicyclic) bond motifs is 1. The van der Waals surface area contributed by atoms with Gasteiger partial charge in [0.05, 0.1) is 0 Å². The lowest BCUT2D eigenvalue weighted by Crippen LogP contribution is -2.11. The zero-order chi connectivity index (χ0) is 8.55. The SMILES string of the molecule is N#Cc1c2n(ccc1=O)CCC2. The third kappa shape index (κ3) is 0.850. The Balaban J connectivity index is 2.76. The fraction of sp³-hybridized carbons (Fsp3) is 0.333. The van der Waals surface area contributed by atoms with Crippen molar-refractivity contribution >= 4 is 0 Å². The predicted molar refractivity (Wildman–Crippen MR) is 43.7 cm³/mol. The maximum absolute atomic E-state index is 11.2. The first-order valence-electron chi connectivity index (χ1n) is 3.95. The first-order valence-corrected chi connectivity index (χ1v) is 3.95. The summed E-state index contributed by atoms with van der Waals surface area (Å²) in [6.07, 6.45) is 3.67. The summed E-state index contributed by atoms with van der Waals surface area (Å²) in [6.45, 7) is 0.935. The Morgan fingerprint density at radius 3 is 3.17 bits per heavy atom. The van der Waals surface area contributed by atoms with Crippen LogP contribution in [0.1, 0.15) is 17.7 Å². The summed E-state index contributed by atoms with van der Waals surface area (Å²) in [7, 11) is 0. The van der Waals surface area contributed by atoms with Gasteiger partial charge in [0, 0.05) is 24.5 Å². The Morgan fingerprint density at radius 1 is 1.58 bits per heavy atom. The summed E-state index contributed by atoms with van der Waals surface area (Å²) in [4.78, 5) is 11.2. The molecule has 0 spiro atoms. The van der Waals surface area contributed by atoms with Crippen LogP contribution in [0.2, 0.25) is 0 Å². The fourth-order valence-corrected chi connectivity index (χ4v) is 1.63. The standard InChI is InChI=1S/C9H8N2O/c10-6-7-8-2-1-4-11(8)5-3-9(7)12/h3,5H,1-2,4H2. The number of hydrogen-bond acceptors (Lipinski definition) is 2. The highest BCUT2D eigenvalue weighted by Gasteiger charge is 2.14. The van der Waals surface area contributed by atoms with Crippen LogP contribution in [-0.2, 0) is 13.0 Å². The summed E-state index contributed by atoms with van der Waals surface area (Å²) in [5.41, 5.74) is 1.09. The maximum atomic E-state index is 11.2. The Hall–Kier alpha value is -1.56. The van der Waals surface area contributed by atoms with Crippen LogP contribution < -0.4 is 5.43 Å². The van der Waals surface area contributed by atoms with E-state index in [9.17, 15) is 4.79 Å². The van der Waals surface area contributed by atoms with E-state index in [1.807, 2.05) is 10.6 Å². The minimum Gasteiger partial charge on any atom is -0.350 e. The molecule has 0 fully saturated rings. The highest BCUT2D eigenvalue weighted by atomic mass is 16.1. The Bertz CT molecular complexity index is 412. The molecule has 1 aromatic heterocycles. The number of nitrogens with zero attached hydrogens (tertiary/aromatic N) is 2. The van der Waals surface area contributed by atoms with Gasteiger partial charge in [-0.2, -0.15) is 5.26 Å². The topological polar surface area (TPSA) is 45.8 Å². The number of nitriles is 1. The fourth-order valence-electron chi connectivity index (χ4n) is 1.63. The van der Waals surface area contributed by atoms with E-state index in [1.54, 1.807) is 6.20 Å². The van der Waals surface area contributed by atoms with Gasteiger partial charge < -0.3 is 4.57 Å². The number of pyridine rings is 1. The van der Waals surface area contributed by atoms with Gasteiger partial charge in [0.15, 0.2) is 5.43 Å². The van der Waals surface area contributed by atoms with Crippen molar-refractivity contribution in [2.24, 2.45) is 0 Å². The molecular formula is C9H8N2O. The summed E-state index contributed by atoms with van der Waals surface area (Å²) in [5.74, 6) is 0. The van der Waals surface area contributed by atoms with Crippen LogP contribution in [0.3, 0.4) is 0 Å². The normalized spacial score (nSPS) is 13.9. The Labute approximate surface area is 69.9 Å². The average Bonchev–Trinajstić information content (AvgIpc) is 2.52. The largest absolute Gasteiger partial charge is 0.350 e. The average molecular weight is 160 g/mol. The smallest absolute Gasteiger partial charge is 0.199 e. The second kappa shape index (κ2) is 2.49. The van der Waals surface area contributed by atoms with Crippen molar-refractivity contribution in [1.29, 1.82) is 5.26 Å². The Kier molecular flexibility index (Phi) is 1.47. The van der Waals surface area contributed by atoms with E-state index in [1.165, 1.54) is 6.07 Å². The zero-order valence-corrected chi connectivity index (χ0v) is 6.58. The van der Waals surface area contributed by atoms with Gasteiger partial charge in [-0.25, -0.2) is 0 Å². The molecular weight excluding hydrogens is 152 g/mol. The van der Waals surface area contributed by atoms with Gasteiger partial charge in [-0.3, -0.25) is 4.79 Å². The third-order valence-electron chi connectivity index (χ3n) is 2.21. The van der Waals surface area contributed by atoms with Crippen LogP contribution in [0, 0.1) is 11.3 Å². The second-order valence-electron chi connectivity index (χ2n) is 2.91. The number of rotatable bonds is 0. The van der Waals surface area contributed by atoms with Crippen LogP contribution in [0.4, 0.5) is 0 Å². The molecule has 1 aromatic rings. The summed E-state index contributed by atoms with van der Waals surface area (Å²) < 4.78 is 1.99. The van der Waals surface area contributed by atoms with Gasteiger partial charge in [-0.1, -0.05) is 0 Å². The maximum Gasteiger partial charge on any atom is 0.199 e. The second-order valence-corrected chi connectivity index (χ2v) is 2.91. The van der Waals surface area contributed by atoms with Gasteiger partial charge >= 0.3 is 0 Å². The van der Waals surface area contributed by atoms with Gasteiger partial charge in [-0.05, 0) is 12.8 Å². The van der Waals surface area contributed by atoms with Gasteiger partial charge in [0.2, 0.25) is 0 Å². The van der Waals surface area contributed by atoms with Gasteiger partial charge in [-0.15, -0.1) is 0 Å². The highest BCUT2D eigenvalue weighted by Crippen LogP contribution is 2.14. The van der Waals surface area contributed by atoms with Crippen molar-refractivity contribution in [3.8, 4) is 6.07 Å². The highest BCUT2D eigenvalue weighted by molar-refractivity contribution is 5.34. The van der Waals surface area contributed by atoms with E-state index in [2.05, 4.69) is 0 Å². The molecule has 1 aliphatic heterocycles. The summed E-state index contributed by atoms with van der Waals surface area (Å²) >= 11 is 0. The molecule has 0 saturated heterocycles. The van der Waals surface area contributed by atoms with Gasteiger partial charge in [0.1, 0.15) is 11.6 Å². The lowest BCUT2D eigenvalue weighted by molar-refractivity contribution is 0.743. The van der Waals surface area contributed by atoms with Crippen molar-refractivity contribution in [2.75, 3.05) is 0 Å². The molecule has 0 atom stereocenters. The summed E-state index contributed by atoms with van der Waals surface area (Å²) in [6, 6.07) is 3.43. The van der Waals surface area contributed by atoms with E-state index in [0.29, 0.717) is 5.56 Å². The minimum atomic E-state index is -0.148. The van der Waals surface area contributed by atoms with E-state index in [-0.39, 0.29) is 5.43 Å². The van der Waals surface area contributed by atoms with Crippen molar-refractivity contribution in [2.45, 2.75) is 19.4 Å². The molecule has 0 bridgehead atoms. The zero-order valence-electron chi connectivity index (χ0n) is 6.58. The molecule has 2 rings (SSSR count). The molecule has 1 aliphatic rings. The summed E-state index contributed by atoms with van der Waals surface area (Å²) in [5, 5.41) is 8.72. The van der Waals surface area contributed by atoms with Crippen LogP contribution in [0.5, 0.6) is 0 Å². The molecule has 0 aliphatic carbocycles. The van der Waals surface area contributed by atoms with E-state index >= 15 is 0 Å². The molecule has 12 heavy (non-hydrogen) atoms. The molecule has 0 unspecified atom stereocenters.